The Bertz CT molecular complexity index is 779. The number of anilines is 1. The van der Waals surface area contributed by atoms with Crippen LogP contribution in [0.5, 0.6) is 0 Å². The molecule has 0 saturated heterocycles. The molecule has 0 bridgehead atoms. The van der Waals surface area contributed by atoms with Crippen molar-refractivity contribution in [3.63, 3.8) is 0 Å². The number of nitrogens with two attached hydrogens (primary N) is 1. The van der Waals surface area contributed by atoms with Gasteiger partial charge in [0.2, 0.25) is 0 Å². The molecule has 0 atom stereocenters. The summed E-state index contributed by atoms with van der Waals surface area (Å²) in [5.74, 6) is 0.622. The lowest BCUT2D eigenvalue weighted by atomic mass is 10.0. The minimum absolute atomic E-state index is 0.622. The van der Waals surface area contributed by atoms with Gasteiger partial charge in [0.25, 0.3) is 0 Å². The average molecular weight is 369 g/mol. The number of benzene rings is 1. The zero-order chi connectivity index (χ0) is 14.3. The molecule has 0 aliphatic heterocycles. The maximum Gasteiger partial charge on any atom is 0.129 e. The van der Waals surface area contributed by atoms with Crippen LogP contribution < -0.4 is 5.73 Å². The van der Waals surface area contributed by atoms with Gasteiger partial charge >= 0.3 is 0 Å². The number of aromatic nitrogens is 2. The Morgan fingerprint density at radius 1 is 1.30 bits per heavy atom. The molecule has 3 nitrogen and oxygen atoms in total. The molecular weight excluding hydrogens is 358 g/mol. The van der Waals surface area contributed by atoms with E-state index in [0.29, 0.717) is 10.8 Å². The van der Waals surface area contributed by atoms with E-state index in [2.05, 4.69) is 21.0 Å². The lowest BCUT2D eigenvalue weighted by Gasteiger charge is -2.06. The summed E-state index contributed by atoms with van der Waals surface area (Å²) in [4.78, 5) is 0.935. The Labute approximate surface area is 134 Å². The molecule has 2 heterocycles. The maximum atomic E-state index is 6.24. The third kappa shape index (κ3) is 2.16. The molecule has 1 aromatic carbocycles. The maximum absolute atomic E-state index is 6.24. The highest BCUT2D eigenvalue weighted by molar-refractivity contribution is 9.10. The predicted molar refractivity (Wildman–Crippen MR) is 89.1 cm³/mol. The molecule has 0 spiro atoms. The van der Waals surface area contributed by atoms with Crippen molar-refractivity contribution in [3.8, 4) is 21.7 Å². The highest BCUT2D eigenvalue weighted by Gasteiger charge is 2.21. The van der Waals surface area contributed by atoms with Crippen LogP contribution in [-0.2, 0) is 7.05 Å². The zero-order valence-corrected chi connectivity index (χ0v) is 13.8. The van der Waals surface area contributed by atoms with Gasteiger partial charge in [-0.3, -0.25) is 4.68 Å². The molecule has 0 saturated carbocycles. The van der Waals surface area contributed by atoms with Crippen LogP contribution in [0, 0.1) is 0 Å². The Morgan fingerprint density at radius 2 is 2.05 bits per heavy atom. The van der Waals surface area contributed by atoms with Crippen LogP contribution in [0.2, 0.25) is 5.02 Å². The first kappa shape index (κ1) is 13.7. The molecule has 102 valence electrons. The highest BCUT2D eigenvalue weighted by atomic mass is 79.9. The quantitative estimate of drug-likeness (QED) is 0.705. The standard InChI is InChI=1S/C14H11BrClN3S/c1-19-14(17)11(8-4-2-3-5-9(8)15)12(18-19)13-10(16)6-7-20-13/h2-7H,17H2,1H3. The van der Waals surface area contributed by atoms with E-state index in [4.69, 9.17) is 17.3 Å². The van der Waals surface area contributed by atoms with Crippen molar-refractivity contribution >= 4 is 44.7 Å². The molecule has 0 radical (unpaired) electrons. The van der Waals surface area contributed by atoms with E-state index in [1.54, 1.807) is 16.0 Å². The molecule has 0 amide bonds. The normalized spacial score (nSPS) is 10.9. The SMILES string of the molecule is Cn1nc(-c2sccc2Cl)c(-c2ccccc2Br)c1N. The molecule has 0 unspecified atom stereocenters. The summed E-state index contributed by atoms with van der Waals surface area (Å²) in [6, 6.07) is 9.82. The van der Waals surface area contributed by atoms with Gasteiger partial charge in [0, 0.05) is 17.1 Å². The Kier molecular flexibility index (Phi) is 3.58. The monoisotopic (exact) mass is 367 g/mol. The molecule has 3 aromatic rings. The molecule has 6 heteroatoms. The highest BCUT2D eigenvalue weighted by Crippen LogP contribution is 2.43. The number of rotatable bonds is 2. The van der Waals surface area contributed by atoms with Crippen molar-refractivity contribution in [2.75, 3.05) is 5.73 Å². The third-order valence-electron chi connectivity index (χ3n) is 3.07. The van der Waals surface area contributed by atoms with E-state index in [9.17, 15) is 0 Å². The van der Waals surface area contributed by atoms with Crippen LogP contribution in [0.1, 0.15) is 0 Å². The van der Waals surface area contributed by atoms with Gasteiger partial charge in [0.05, 0.1) is 15.5 Å². The summed E-state index contributed by atoms with van der Waals surface area (Å²) in [5.41, 5.74) is 8.94. The number of hydrogen-bond donors (Lipinski definition) is 1. The first-order valence-electron chi connectivity index (χ1n) is 5.90. The van der Waals surface area contributed by atoms with Crippen LogP contribution in [0.25, 0.3) is 21.7 Å². The first-order valence-corrected chi connectivity index (χ1v) is 7.95. The molecule has 0 fully saturated rings. The number of hydrogen-bond acceptors (Lipinski definition) is 3. The zero-order valence-electron chi connectivity index (χ0n) is 10.6. The predicted octanol–water partition coefficient (Wildman–Crippen LogP) is 4.81. The van der Waals surface area contributed by atoms with E-state index >= 15 is 0 Å². The largest absolute Gasteiger partial charge is 0.383 e. The van der Waals surface area contributed by atoms with Crippen molar-refractivity contribution in [1.29, 1.82) is 0 Å². The van der Waals surface area contributed by atoms with E-state index in [-0.39, 0.29) is 0 Å². The molecular formula is C14H11BrClN3S. The van der Waals surface area contributed by atoms with Gasteiger partial charge in [-0.15, -0.1) is 11.3 Å². The van der Waals surface area contributed by atoms with Gasteiger partial charge in [-0.25, -0.2) is 0 Å². The second kappa shape index (κ2) is 5.24. The fraction of sp³-hybridized carbons (Fsp3) is 0.0714. The summed E-state index contributed by atoms with van der Waals surface area (Å²) in [7, 11) is 1.83. The lowest BCUT2D eigenvalue weighted by Crippen LogP contribution is -1.98. The van der Waals surface area contributed by atoms with Crippen molar-refractivity contribution in [1.82, 2.24) is 9.78 Å². The van der Waals surface area contributed by atoms with Gasteiger partial charge in [0.1, 0.15) is 11.5 Å². The lowest BCUT2D eigenvalue weighted by molar-refractivity contribution is 0.783. The second-order valence-electron chi connectivity index (χ2n) is 4.31. The molecule has 0 aliphatic rings. The third-order valence-corrected chi connectivity index (χ3v) is 5.11. The Balaban J connectivity index is 2.31. The second-order valence-corrected chi connectivity index (χ2v) is 6.49. The van der Waals surface area contributed by atoms with Crippen LogP contribution in [0.3, 0.4) is 0 Å². The smallest absolute Gasteiger partial charge is 0.129 e. The minimum Gasteiger partial charge on any atom is -0.383 e. The van der Waals surface area contributed by atoms with E-state index < -0.39 is 0 Å². The van der Waals surface area contributed by atoms with Crippen LogP contribution in [0.4, 0.5) is 5.82 Å². The Hall–Kier alpha value is -1.30. The van der Waals surface area contributed by atoms with Crippen LogP contribution >= 0.6 is 38.9 Å². The molecule has 20 heavy (non-hydrogen) atoms. The van der Waals surface area contributed by atoms with Crippen molar-refractivity contribution in [2.24, 2.45) is 7.05 Å². The van der Waals surface area contributed by atoms with Crippen molar-refractivity contribution in [3.05, 3.63) is 45.2 Å². The van der Waals surface area contributed by atoms with Crippen LogP contribution in [-0.4, -0.2) is 9.78 Å². The summed E-state index contributed by atoms with van der Waals surface area (Å²) < 4.78 is 2.66. The topological polar surface area (TPSA) is 43.8 Å². The number of halogens is 2. The summed E-state index contributed by atoms with van der Waals surface area (Å²) in [6.45, 7) is 0. The van der Waals surface area contributed by atoms with Gasteiger partial charge < -0.3 is 5.73 Å². The fourth-order valence-electron chi connectivity index (χ4n) is 2.09. The number of nitrogens with zero attached hydrogens (tertiary/aromatic N) is 2. The number of thiophene rings is 1. The van der Waals surface area contributed by atoms with E-state index in [1.807, 2.05) is 42.8 Å². The van der Waals surface area contributed by atoms with E-state index in [1.165, 1.54) is 0 Å². The summed E-state index contributed by atoms with van der Waals surface area (Å²) in [6.07, 6.45) is 0. The minimum atomic E-state index is 0.622. The molecule has 2 aromatic heterocycles. The van der Waals surface area contributed by atoms with Gasteiger partial charge in [-0.1, -0.05) is 45.7 Å². The van der Waals surface area contributed by atoms with Gasteiger partial charge in [0.15, 0.2) is 0 Å². The Morgan fingerprint density at radius 3 is 2.70 bits per heavy atom. The number of nitrogen functional groups attached to an aromatic ring is 1. The van der Waals surface area contributed by atoms with Gasteiger partial charge in [-0.2, -0.15) is 5.10 Å². The fourth-order valence-corrected chi connectivity index (χ4v) is 3.71. The number of aryl methyl sites for hydroxylation is 1. The van der Waals surface area contributed by atoms with Crippen LogP contribution in [0.15, 0.2) is 40.2 Å². The summed E-state index contributed by atoms with van der Waals surface area (Å²) in [5, 5.41) is 7.17. The average Bonchev–Trinajstić information content (AvgIpc) is 2.96. The molecule has 2 N–H and O–H groups in total. The van der Waals surface area contributed by atoms with Crippen molar-refractivity contribution < 1.29 is 0 Å². The van der Waals surface area contributed by atoms with Crippen molar-refractivity contribution in [2.45, 2.75) is 0 Å². The van der Waals surface area contributed by atoms with E-state index in [0.717, 1.165) is 26.2 Å². The molecule has 0 aliphatic carbocycles. The first-order chi connectivity index (χ1) is 9.59. The van der Waals surface area contributed by atoms with Gasteiger partial charge in [-0.05, 0) is 17.5 Å². The molecule has 3 rings (SSSR count). The summed E-state index contributed by atoms with van der Waals surface area (Å²) >= 11 is 11.4.